The maximum Gasteiger partial charge on any atom is 0.335 e. The average Bonchev–Trinajstić information content (AvgIpc) is 3.19. The van der Waals surface area contributed by atoms with Crippen molar-refractivity contribution >= 4 is 11.9 Å². The van der Waals surface area contributed by atoms with Gasteiger partial charge in [-0.25, -0.2) is 4.79 Å². The molecule has 59 heavy (non-hydrogen) atoms. The molecule has 1 amide bonds. The quantitative estimate of drug-likeness (QED) is 0.113. The molecule has 0 aromatic rings. The first kappa shape index (κ1) is 46.5. The second-order valence-corrected chi connectivity index (χ2v) is 14.9. The molecule has 6 saturated heterocycles. The van der Waals surface area contributed by atoms with Crippen LogP contribution in [0.5, 0.6) is 0 Å². The Kier molecular flexibility index (Phi) is 15.1. The number of aliphatic carboxylic acids is 1. The Bertz CT molecular complexity index is 1420. The number of nitrogens with one attached hydrogen (secondary N) is 1. The highest BCUT2D eigenvalue weighted by atomic mass is 16.8. The first-order valence-electron chi connectivity index (χ1n) is 18.6. The molecule has 0 radical (unpaired) electrons. The molecule has 0 unspecified atom stereocenters. The van der Waals surface area contributed by atoms with E-state index >= 15 is 0 Å². The number of carboxylic acids is 1. The normalized spacial score (nSPS) is 52.2. The summed E-state index contributed by atoms with van der Waals surface area (Å²) in [5.41, 5.74) is 0. The van der Waals surface area contributed by atoms with E-state index in [0.717, 1.165) is 6.92 Å². The summed E-state index contributed by atoms with van der Waals surface area (Å²) in [5, 5.41) is 153. The fraction of sp³-hybridized carbons (Fsp3) is 0.938. The van der Waals surface area contributed by atoms with E-state index in [1.807, 2.05) is 0 Å². The molecule has 6 aliphatic heterocycles. The number of hydrogen-bond donors (Lipinski definition) is 15. The summed E-state index contributed by atoms with van der Waals surface area (Å²) in [6, 6.07) is -1.57. The van der Waals surface area contributed by atoms with Gasteiger partial charge in [-0.2, -0.15) is 0 Å². The van der Waals surface area contributed by atoms with Crippen LogP contribution >= 0.6 is 0 Å². The summed E-state index contributed by atoms with van der Waals surface area (Å²) in [6.45, 7) is -2.59. The highest BCUT2D eigenvalue weighted by Gasteiger charge is 2.58. The second kappa shape index (κ2) is 19.2. The average molecular weight is 866 g/mol. The van der Waals surface area contributed by atoms with Gasteiger partial charge < -0.3 is 124 Å². The van der Waals surface area contributed by atoms with Crippen LogP contribution in [0.1, 0.15) is 6.92 Å². The van der Waals surface area contributed by atoms with Crippen molar-refractivity contribution in [1.82, 2.24) is 5.32 Å². The van der Waals surface area contributed by atoms with Crippen molar-refractivity contribution in [2.24, 2.45) is 0 Å². The van der Waals surface area contributed by atoms with E-state index in [2.05, 4.69) is 5.32 Å². The van der Waals surface area contributed by atoms with Crippen molar-refractivity contribution in [3.8, 4) is 0 Å². The van der Waals surface area contributed by atoms with E-state index in [0.29, 0.717) is 0 Å². The molecule has 6 fully saturated rings. The first-order chi connectivity index (χ1) is 27.9. The standard InChI is InChI=1S/C32H51NO26/c1-6(37)33-11-22-12(38)7(2-34)51-28(11)50-5-10-15(41)25(56-29-18(44)16(42)17(43)26(59-29)27(48)49)21(47)32(54-10)58-24-14(40)9(4-36)53-31(20(24)46)57-23-13(39)8(3-35)52-30(55-22)19(23)45/h7-26,28-32,34-36,38-47H,2-5H2,1H3,(H,33,37)(H,48,49)/t7-,8-,9-,10-,11-,12-,13-,14-,15-,16+,17-,18-,19+,20+,21+,22-,23+,24+,25+,26+,28+,29-,30+,31-,32-/m1/s1. The van der Waals surface area contributed by atoms with Gasteiger partial charge in [0.05, 0.1) is 26.4 Å². The van der Waals surface area contributed by atoms with Gasteiger partial charge in [-0.15, -0.1) is 0 Å². The molecular formula is C32H51NO26. The zero-order valence-corrected chi connectivity index (χ0v) is 30.9. The molecule has 8 bridgehead atoms. The van der Waals surface area contributed by atoms with Crippen molar-refractivity contribution in [3.63, 3.8) is 0 Å². The molecule has 340 valence electrons. The summed E-state index contributed by atoms with van der Waals surface area (Å²) in [6.07, 6.45) is -47.3. The molecular weight excluding hydrogens is 814 g/mol. The number of carbonyl (C=O) groups excluding carboxylic acids is 1. The number of amides is 1. The van der Waals surface area contributed by atoms with Crippen molar-refractivity contribution < 1.29 is 128 Å². The lowest BCUT2D eigenvalue weighted by atomic mass is 9.95. The minimum atomic E-state index is -2.24. The molecule has 0 aromatic heterocycles. The molecule has 27 heteroatoms. The Hall–Kier alpha value is -1.98. The lowest BCUT2D eigenvalue weighted by molar-refractivity contribution is -0.390. The summed E-state index contributed by atoms with van der Waals surface area (Å²) >= 11 is 0. The van der Waals surface area contributed by atoms with Crippen LogP contribution in [0.2, 0.25) is 0 Å². The van der Waals surface area contributed by atoms with Crippen molar-refractivity contribution in [1.29, 1.82) is 0 Å². The summed E-state index contributed by atoms with van der Waals surface area (Å²) < 4.78 is 56.9. The second-order valence-electron chi connectivity index (χ2n) is 14.9. The summed E-state index contributed by atoms with van der Waals surface area (Å²) in [4.78, 5) is 24.2. The van der Waals surface area contributed by atoms with Crippen LogP contribution in [0.15, 0.2) is 0 Å². The van der Waals surface area contributed by atoms with Gasteiger partial charge in [-0.05, 0) is 0 Å². The lowest BCUT2D eigenvalue weighted by Crippen LogP contribution is -2.69. The molecule has 0 saturated carbocycles. The fourth-order valence-electron chi connectivity index (χ4n) is 7.70. The number of carboxylic acid groups (broad SMARTS) is 1. The number of hydrogen-bond acceptors (Lipinski definition) is 25. The Morgan fingerprint density at radius 3 is 1.51 bits per heavy atom. The van der Waals surface area contributed by atoms with Crippen LogP contribution in [0.3, 0.4) is 0 Å². The molecule has 25 atom stereocenters. The van der Waals surface area contributed by atoms with E-state index < -0.39 is 192 Å². The number of carbonyl (C=O) groups is 2. The van der Waals surface area contributed by atoms with Gasteiger partial charge in [0, 0.05) is 6.92 Å². The Morgan fingerprint density at radius 1 is 0.542 bits per heavy atom. The van der Waals surface area contributed by atoms with Gasteiger partial charge in [0.25, 0.3) is 0 Å². The molecule has 15 N–H and O–H groups in total. The van der Waals surface area contributed by atoms with Gasteiger partial charge in [0.1, 0.15) is 116 Å². The maximum atomic E-state index is 12.5. The lowest BCUT2D eigenvalue weighted by Gasteiger charge is -2.49. The van der Waals surface area contributed by atoms with Crippen molar-refractivity contribution in [3.05, 3.63) is 0 Å². The molecule has 27 nitrogen and oxygen atoms in total. The zero-order valence-electron chi connectivity index (χ0n) is 30.9. The van der Waals surface area contributed by atoms with E-state index in [1.165, 1.54) is 0 Å². The van der Waals surface area contributed by atoms with Crippen LogP contribution in [-0.4, -0.2) is 263 Å². The highest BCUT2D eigenvalue weighted by molar-refractivity contribution is 5.73. The van der Waals surface area contributed by atoms with Crippen molar-refractivity contribution in [2.75, 3.05) is 26.4 Å². The van der Waals surface area contributed by atoms with Gasteiger partial charge in [0.2, 0.25) is 5.91 Å². The SMILES string of the molecule is CC(=O)N[C@H]1[C@H]2OC[C@H]3O[C@H](O[C@@H]4[C@H](O)[C@@H](O[C@@H]5[C@H](O)[C@H](O[C@H]1[C@H](O)[C@@H](CO)O2)O[C@H](CO)[C@H]5O)O[C@H](CO)[C@H]4O)[C@@H](O)[C@@H](O[C@@H]1O[C@H](C(=O)O)[C@H](O)[C@H](O)[C@H]1O)[C@@H]3O. The molecule has 0 aliphatic carbocycles. The van der Waals surface area contributed by atoms with Gasteiger partial charge in [-0.3, -0.25) is 4.79 Å². The van der Waals surface area contributed by atoms with Crippen LogP contribution < -0.4 is 5.32 Å². The minimum absolute atomic E-state index is 0.760. The number of ether oxygens (including phenoxy) is 10. The zero-order chi connectivity index (χ0) is 43.2. The topological polar surface area (TPSA) is 422 Å². The monoisotopic (exact) mass is 865 g/mol. The van der Waals surface area contributed by atoms with Crippen LogP contribution in [0.4, 0.5) is 0 Å². The number of fused-ring (bicyclic) bond motifs is 8. The predicted molar refractivity (Wildman–Crippen MR) is 175 cm³/mol. The number of rotatable bonds is 7. The van der Waals surface area contributed by atoms with Gasteiger partial charge in [0.15, 0.2) is 37.6 Å². The van der Waals surface area contributed by atoms with Crippen molar-refractivity contribution in [2.45, 2.75) is 160 Å². The highest BCUT2D eigenvalue weighted by Crippen LogP contribution is 2.37. The van der Waals surface area contributed by atoms with Gasteiger partial charge >= 0.3 is 5.97 Å². The van der Waals surface area contributed by atoms with Gasteiger partial charge in [-0.1, -0.05) is 0 Å². The molecule has 6 heterocycles. The van der Waals surface area contributed by atoms with Crippen LogP contribution in [0.25, 0.3) is 0 Å². The van der Waals surface area contributed by atoms with E-state index in [-0.39, 0.29) is 0 Å². The van der Waals surface area contributed by atoms with Crippen LogP contribution in [0, 0.1) is 0 Å². The number of aliphatic hydroxyl groups is 13. The third-order valence-electron chi connectivity index (χ3n) is 10.9. The fourth-order valence-corrected chi connectivity index (χ4v) is 7.70. The summed E-state index contributed by atoms with van der Waals surface area (Å²) in [5.74, 6) is -2.56. The number of aliphatic hydroxyl groups excluding tert-OH is 13. The molecule has 6 aliphatic rings. The van der Waals surface area contributed by atoms with E-state index in [4.69, 9.17) is 47.4 Å². The Balaban J connectivity index is 1.41. The molecule has 6 rings (SSSR count). The smallest absolute Gasteiger partial charge is 0.335 e. The maximum absolute atomic E-state index is 12.5. The Morgan fingerprint density at radius 2 is 1.02 bits per heavy atom. The van der Waals surface area contributed by atoms with E-state index in [1.54, 1.807) is 0 Å². The third-order valence-corrected chi connectivity index (χ3v) is 10.9. The molecule has 0 spiro atoms. The first-order valence-corrected chi connectivity index (χ1v) is 18.6. The third kappa shape index (κ3) is 9.24. The molecule has 0 aromatic carbocycles. The minimum Gasteiger partial charge on any atom is -0.479 e. The van der Waals surface area contributed by atoms with E-state index in [9.17, 15) is 81.1 Å². The summed E-state index contributed by atoms with van der Waals surface area (Å²) in [7, 11) is 0. The largest absolute Gasteiger partial charge is 0.479 e. The predicted octanol–water partition coefficient (Wildman–Crippen LogP) is -10.6. The Labute approximate surface area is 332 Å². The van der Waals surface area contributed by atoms with Crippen LogP contribution in [-0.2, 0) is 57.0 Å².